The number of carbonyl (C=O) groups excluding carboxylic acids is 2. The van der Waals surface area contributed by atoms with E-state index in [0.29, 0.717) is 11.5 Å². The predicted octanol–water partition coefficient (Wildman–Crippen LogP) is 6.02. The molecule has 238 valence electrons. The number of rotatable bonds is 8. The van der Waals surface area contributed by atoms with E-state index in [0.717, 1.165) is 133 Å². The van der Waals surface area contributed by atoms with E-state index in [1.165, 1.54) is 6.33 Å². The van der Waals surface area contributed by atoms with Crippen molar-refractivity contribution in [1.29, 1.82) is 0 Å². The first-order valence-electron chi connectivity index (χ1n) is 16.8. The van der Waals surface area contributed by atoms with Gasteiger partial charge < -0.3 is 14.5 Å². The summed E-state index contributed by atoms with van der Waals surface area (Å²) in [5.74, 6) is 0.675. The van der Waals surface area contributed by atoms with Crippen molar-refractivity contribution >= 4 is 17.6 Å². The number of hydrogen-bond donors (Lipinski definition) is 0. The number of nitrogens with zero attached hydrogens (tertiary/aromatic N) is 5. The van der Waals surface area contributed by atoms with E-state index in [1.807, 2.05) is 18.7 Å². The Hall–Kier alpha value is -2.55. The molecule has 4 aliphatic rings. The molecule has 1 aromatic rings. The number of esters is 1. The van der Waals surface area contributed by atoms with Gasteiger partial charge in [0.25, 0.3) is 5.91 Å². The zero-order valence-electron chi connectivity index (χ0n) is 27.3. The number of piperidine rings is 2. The van der Waals surface area contributed by atoms with Gasteiger partial charge in [-0.05, 0) is 104 Å². The molecule has 1 unspecified atom stereocenters. The van der Waals surface area contributed by atoms with Gasteiger partial charge in [-0.25, -0.2) is 9.97 Å². The van der Waals surface area contributed by atoms with Gasteiger partial charge in [0.2, 0.25) is 0 Å². The van der Waals surface area contributed by atoms with Gasteiger partial charge in [-0.3, -0.25) is 14.5 Å². The highest BCUT2D eigenvalue weighted by molar-refractivity contribution is 5.96. The van der Waals surface area contributed by atoms with Gasteiger partial charge in [0.15, 0.2) is 0 Å². The number of hydrogen-bond acceptors (Lipinski definition) is 8. The number of likely N-dealkylation sites (tertiary alicyclic amines) is 2. The predicted molar refractivity (Wildman–Crippen MR) is 167 cm³/mol. The molecular weight excluding hydrogens is 542 g/mol. The molecule has 1 spiro atoms. The summed E-state index contributed by atoms with van der Waals surface area (Å²) < 4.78 is 6.54. The number of amides is 1. The van der Waals surface area contributed by atoms with Crippen molar-refractivity contribution in [3.63, 3.8) is 0 Å². The summed E-state index contributed by atoms with van der Waals surface area (Å²) in [6.07, 6.45) is 15.4. The van der Waals surface area contributed by atoms with Crippen LogP contribution in [-0.2, 0) is 14.4 Å². The van der Waals surface area contributed by atoms with Gasteiger partial charge in [-0.15, -0.1) is 0 Å². The van der Waals surface area contributed by atoms with E-state index in [2.05, 4.69) is 33.9 Å². The fourth-order valence-electron chi connectivity index (χ4n) is 8.32. The van der Waals surface area contributed by atoms with E-state index < -0.39 is 0 Å². The summed E-state index contributed by atoms with van der Waals surface area (Å²) in [4.78, 5) is 45.3. The van der Waals surface area contributed by atoms with Crippen LogP contribution < -0.4 is 0 Å². The Morgan fingerprint density at radius 2 is 1.67 bits per heavy atom. The summed E-state index contributed by atoms with van der Waals surface area (Å²) in [7, 11) is 1.62. The van der Waals surface area contributed by atoms with E-state index >= 15 is 0 Å². The van der Waals surface area contributed by atoms with Gasteiger partial charge in [0.05, 0.1) is 28.1 Å². The molecule has 1 atom stereocenters. The maximum Gasteiger partial charge on any atom is 0.312 e. The van der Waals surface area contributed by atoms with Crippen LogP contribution in [0.3, 0.4) is 0 Å². The molecule has 3 saturated heterocycles. The maximum absolute atomic E-state index is 13.9. The Balaban J connectivity index is 1.16. The first-order valence-corrected chi connectivity index (χ1v) is 16.8. The third kappa shape index (κ3) is 6.76. The molecule has 1 aromatic heterocycles. The zero-order valence-corrected chi connectivity index (χ0v) is 27.3. The molecule has 1 saturated carbocycles. The van der Waals surface area contributed by atoms with Crippen LogP contribution in [0.1, 0.15) is 125 Å². The molecule has 1 aliphatic carbocycles. The lowest BCUT2D eigenvalue weighted by Gasteiger charge is -2.54. The highest BCUT2D eigenvalue weighted by atomic mass is 16.6. The van der Waals surface area contributed by atoms with E-state index in [-0.39, 0.29) is 28.4 Å². The minimum atomic E-state index is -0.329. The third-order valence-electron chi connectivity index (χ3n) is 11.4. The third-order valence-corrected chi connectivity index (χ3v) is 11.4. The van der Waals surface area contributed by atoms with Crippen molar-refractivity contribution in [1.82, 2.24) is 19.8 Å². The van der Waals surface area contributed by atoms with E-state index in [9.17, 15) is 9.59 Å². The normalized spacial score (nSPS) is 27.6. The first-order chi connectivity index (χ1) is 20.6. The maximum atomic E-state index is 13.9. The number of aromatic nitrogens is 2. The molecule has 1 amide bonds. The van der Waals surface area contributed by atoms with E-state index in [4.69, 9.17) is 9.57 Å². The number of carbonyl (C=O) groups is 2. The number of ether oxygens (including phenoxy) is 1. The standard InChI is InChI=1S/C34H53N5O4/c1-6-7-12-33(23-27-8-10-28(11-9-27)37-42-5)13-14-34(43-31(33)41)17-21-39(22-18-34)32(4)15-19-38(20-16-32)30(40)29-25(2)35-24-36-26(29)3/h24,27H,6-23H2,1-5H3. The number of unbranched alkanes of at least 4 members (excludes halogenated alkanes) is 1. The molecule has 5 rings (SSSR count). The molecule has 4 fully saturated rings. The Bertz CT molecular complexity index is 1150. The van der Waals surface area contributed by atoms with Crippen LogP contribution in [0.5, 0.6) is 0 Å². The number of oxime groups is 1. The quantitative estimate of drug-likeness (QED) is 0.268. The highest BCUT2D eigenvalue weighted by Crippen LogP contribution is 2.50. The topological polar surface area (TPSA) is 97.2 Å². The van der Waals surface area contributed by atoms with Crippen molar-refractivity contribution in [2.45, 2.75) is 129 Å². The Labute approximate surface area is 258 Å². The van der Waals surface area contributed by atoms with Gasteiger partial charge in [0.1, 0.15) is 19.0 Å². The molecule has 4 heterocycles. The molecule has 0 bridgehead atoms. The summed E-state index contributed by atoms with van der Waals surface area (Å²) in [6, 6.07) is 0. The van der Waals surface area contributed by atoms with Gasteiger partial charge in [-0.1, -0.05) is 24.9 Å². The lowest BCUT2D eigenvalue weighted by Crippen LogP contribution is -2.60. The molecule has 9 heteroatoms. The fraction of sp³-hybridized carbons (Fsp3) is 0.794. The average Bonchev–Trinajstić information content (AvgIpc) is 3.00. The molecule has 43 heavy (non-hydrogen) atoms. The Kier molecular flexibility index (Phi) is 9.79. The highest BCUT2D eigenvalue weighted by Gasteiger charge is 2.53. The summed E-state index contributed by atoms with van der Waals surface area (Å²) in [6.45, 7) is 11.7. The molecule has 3 aliphatic heterocycles. The minimum absolute atomic E-state index is 0.0468. The lowest BCUT2D eigenvalue weighted by atomic mass is 9.65. The molecule has 9 nitrogen and oxygen atoms in total. The Morgan fingerprint density at radius 1 is 1.02 bits per heavy atom. The average molecular weight is 596 g/mol. The first kappa shape index (κ1) is 31.9. The lowest BCUT2D eigenvalue weighted by molar-refractivity contribution is -0.197. The van der Waals surface area contributed by atoms with Gasteiger partial charge in [0, 0.05) is 31.7 Å². The fourth-order valence-corrected chi connectivity index (χ4v) is 8.32. The largest absolute Gasteiger partial charge is 0.459 e. The van der Waals surface area contributed by atoms with Crippen LogP contribution in [-0.4, -0.2) is 81.8 Å². The van der Waals surface area contributed by atoms with Gasteiger partial charge in [-0.2, -0.15) is 0 Å². The smallest absolute Gasteiger partial charge is 0.312 e. The minimum Gasteiger partial charge on any atom is -0.459 e. The second-order valence-electron chi connectivity index (χ2n) is 14.1. The SMILES string of the molecule is CCCCC1(CC2CCC(=NOC)CC2)CCC2(CCN(C3(C)CCN(C(=O)c4c(C)ncnc4C)CC3)CC2)OC1=O. The van der Waals surface area contributed by atoms with Crippen molar-refractivity contribution in [3.05, 3.63) is 23.3 Å². The second-order valence-corrected chi connectivity index (χ2v) is 14.1. The van der Waals surface area contributed by atoms with E-state index in [1.54, 1.807) is 7.11 Å². The van der Waals surface area contributed by atoms with Crippen LogP contribution in [0.15, 0.2) is 11.5 Å². The van der Waals surface area contributed by atoms with Crippen molar-refractivity contribution in [2.24, 2.45) is 16.5 Å². The molecule has 0 aromatic carbocycles. The summed E-state index contributed by atoms with van der Waals surface area (Å²) in [5, 5.41) is 4.18. The molecule has 0 radical (unpaired) electrons. The van der Waals surface area contributed by atoms with Crippen LogP contribution in [0.2, 0.25) is 0 Å². The van der Waals surface area contributed by atoms with Crippen LogP contribution in [0, 0.1) is 25.2 Å². The van der Waals surface area contributed by atoms with Crippen LogP contribution in [0.4, 0.5) is 0 Å². The zero-order chi connectivity index (χ0) is 30.7. The van der Waals surface area contributed by atoms with Gasteiger partial charge >= 0.3 is 5.97 Å². The van der Waals surface area contributed by atoms with Crippen molar-refractivity contribution in [2.75, 3.05) is 33.3 Å². The van der Waals surface area contributed by atoms with Crippen molar-refractivity contribution in [3.8, 4) is 0 Å². The monoisotopic (exact) mass is 595 g/mol. The summed E-state index contributed by atoms with van der Waals surface area (Å²) >= 11 is 0. The molecule has 0 N–H and O–H groups in total. The second kappa shape index (κ2) is 13.2. The van der Waals surface area contributed by atoms with Crippen molar-refractivity contribution < 1.29 is 19.2 Å². The van der Waals surface area contributed by atoms with Crippen LogP contribution in [0.25, 0.3) is 0 Å². The molecular formula is C34H53N5O4. The summed E-state index contributed by atoms with van der Waals surface area (Å²) in [5.41, 5.74) is 2.70. The Morgan fingerprint density at radius 3 is 2.26 bits per heavy atom. The van der Waals surface area contributed by atoms with Crippen LogP contribution >= 0.6 is 0 Å². The number of aryl methyl sites for hydroxylation is 2.